The molecule has 0 bridgehead atoms. The SMILES string of the molecule is CCCCCCC/C=C/CC/C=C/CC/C=C/C(O)C(COP(=O)([O-])OCC[N+](C)(C)C)NC(=O)CCCCCCCCCCCCCCCCCCCCCC. The van der Waals surface area contributed by atoms with E-state index in [0.29, 0.717) is 17.4 Å². The highest BCUT2D eigenvalue weighted by atomic mass is 31.2. The molecule has 0 aliphatic heterocycles. The highest BCUT2D eigenvalue weighted by Crippen LogP contribution is 2.38. The summed E-state index contributed by atoms with van der Waals surface area (Å²) in [6.45, 7) is 4.61. The lowest BCUT2D eigenvalue weighted by atomic mass is 10.0. The third-order valence-corrected chi connectivity index (χ3v) is 11.5. The number of aliphatic hydroxyl groups is 1. The molecule has 0 saturated carbocycles. The van der Waals surface area contributed by atoms with E-state index in [1.54, 1.807) is 6.08 Å². The van der Waals surface area contributed by atoms with Gasteiger partial charge in [0.2, 0.25) is 5.91 Å². The van der Waals surface area contributed by atoms with Crippen molar-refractivity contribution in [2.45, 2.75) is 225 Å². The topological polar surface area (TPSA) is 108 Å². The zero-order chi connectivity index (χ0) is 42.1. The van der Waals surface area contributed by atoms with Gasteiger partial charge in [0.25, 0.3) is 7.82 Å². The summed E-state index contributed by atoms with van der Waals surface area (Å²) in [5, 5.41) is 13.8. The maximum absolute atomic E-state index is 12.9. The van der Waals surface area contributed by atoms with Crippen molar-refractivity contribution in [2.24, 2.45) is 0 Å². The van der Waals surface area contributed by atoms with Crippen LogP contribution in [-0.4, -0.2) is 68.5 Å². The Labute approximate surface area is 353 Å². The fourth-order valence-corrected chi connectivity index (χ4v) is 7.50. The zero-order valence-electron chi connectivity index (χ0n) is 38.0. The minimum absolute atomic E-state index is 0.00781. The number of phosphoric acid groups is 1. The first-order valence-electron chi connectivity index (χ1n) is 23.9. The second-order valence-corrected chi connectivity index (χ2v) is 18.9. The molecule has 3 atom stereocenters. The van der Waals surface area contributed by atoms with Crippen molar-refractivity contribution in [1.82, 2.24) is 5.32 Å². The van der Waals surface area contributed by atoms with Gasteiger partial charge in [-0.15, -0.1) is 0 Å². The van der Waals surface area contributed by atoms with Crippen molar-refractivity contribution in [3.8, 4) is 0 Å². The van der Waals surface area contributed by atoms with Crippen LogP contribution in [0.25, 0.3) is 0 Å². The molecule has 0 aromatic carbocycles. The largest absolute Gasteiger partial charge is 0.756 e. The molecule has 0 aliphatic carbocycles. The molecule has 0 aromatic rings. The minimum Gasteiger partial charge on any atom is -0.756 e. The number of nitrogens with one attached hydrogen (secondary N) is 1. The first-order chi connectivity index (χ1) is 27.5. The molecular formula is C48H93N2O6P. The maximum Gasteiger partial charge on any atom is 0.268 e. The number of carbonyl (C=O) groups excluding carboxylic acids is 1. The van der Waals surface area contributed by atoms with Gasteiger partial charge in [0.15, 0.2) is 0 Å². The number of hydrogen-bond acceptors (Lipinski definition) is 6. The van der Waals surface area contributed by atoms with Crippen LogP contribution in [0.1, 0.15) is 213 Å². The van der Waals surface area contributed by atoms with E-state index in [1.165, 1.54) is 148 Å². The Morgan fingerprint density at radius 1 is 0.596 bits per heavy atom. The summed E-state index contributed by atoms with van der Waals surface area (Å²) in [7, 11) is 1.24. The molecule has 8 nitrogen and oxygen atoms in total. The lowest BCUT2D eigenvalue weighted by molar-refractivity contribution is -0.870. The van der Waals surface area contributed by atoms with E-state index in [9.17, 15) is 19.4 Å². The third kappa shape index (κ3) is 42.6. The van der Waals surface area contributed by atoms with Crippen LogP contribution < -0.4 is 10.2 Å². The molecule has 9 heteroatoms. The fourth-order valence-electron chi connectivity index (χ4n) is 6.77. The molecule has 0 aromatic heterocycles. The van der Waals surface area contributed by atoms with Crippen LogP contribution in [0.2, 0.25) is 0 Å². The van der Waals surface area contributed by atoms with Gasteiger partial charge < -0.3 is 28.8 Å². The average Bonchev–Trinajstić information content (AvgIpc) is 3.16. The maximum atomic E-state index is 12.9. The number of nitrogens with zero attached hydrogens (tertiary/aromatic N) is 1. The highest BCUT2D eigenvalue weighted by Gasteiger charge is 2.23. The molecule has 2 N–H and O–H groups in total. The van der Waals surface area contributed by atoms with Crippen molar-refractivity contribution in [3.05, 3.63) is 36.5 Å². The second kappa shape index (κ2) is 40.1. The van der Waals surface area contributed by atoms with E-state index in [4.69, 9.17) is 9.05 Å². The molecule has 57 heavy (non-hydrogen) atoms. The van der Waals surface area contributed by atoms with Crippen molar-refractivity contribution < 1.29 is 32.9 Å². The van der Waals surface area contributed by atoms with Gasteiger partial charge in [0.05, 0.1) is 39.9 Å². The summed E-state index contributed by atoms with van der Waals surface area (Å²) >= 11 is 0. The molecule has 0 rings (SSSR count). The monoisotopic (exact) mass is 825 g/mol. The van der Waals surface area contributed by atoms with E-state index >= 15 is 0 Å². The van der Waals surface area contributed by atoms with Gasteiger partial charge in [-0.2, -0.15) is 0 Å². The smallest absolute Gasteiger partial charge is 0.268 e. The Morgan fingerprint density at radius 3 is 1.42 bits per heavy atom. The number of hydrogen-bond donors (Lipinski definition) is 2. The van der Waals surface area contributed by atoms with Crippen molar-refractivity contribution in [1.29, 1.82) is 0 Å². The quantitative estimate of drug-likeness (QED) is 0.0274. The molecule has 0 saturated heterocycles. The van der Waals surface area contributed by atoms with Gasteiger partial charge in [0.1, 0.15) is 13.2 Å². The van der Waals surface area contributed by atoms with Gasteiger partial charge in [-0.05, 0) is 44.9 Å². The highest BCUT2D eigenvalue weighted by molar-refractivity contribution is 7.45. The molecule has 1 amide bonds. The van der Waals surface area contributed by atoms with Crippen LogP contribution in [0.4, 0.5) is 0 Å². The predicted octanol–water partition coefficient (Wildman–Crippen LogP) is 12.8. The molecular weight excluding hydrogens is 732 g/mol. The molecule has 0 spiro atoms. The van der Waals surface area contributed by atoms with E-state index in [1.807, 2.05) is 27.2 Å². The molecule has 0 aliphatic rings. The van der Waals surface area contributed by atoms with Gasteiger partial charge in [0, 0.05) is 6.42 Å². The van der Waals surface area contributed by atoms with Crippen LogP contribution in [0.15, 0.2) is 36.5 Å². The van der Waals surface area contributed by atoms with Gasteiger partial charge in [-0.25, -0.2) is 0 Å². The normalized spacial score (nSPS) is 14.6. The molecule has 3 unspecified atom stereocenters. The first kappa shape index (κ1) is 55.7. The Hall–Kier alpha value is -1.28. The predicted molar refractivity (Wildman–Crippen MR) is 242 cm³/mol. The number of unbranched alkanes of at least 4 members (excludes halogenated alkanes) is 26. The summed E-state index contributed by atoms with van der Waals surface area (Å²) in [6.07, 6.45) is 49.1. The van der Waals surface area contributed by atoms with Crippen LogP contribution in [-0.2, 0) is 18.4 Å². The standard InChI is InChI=1S/C48H93N2O6P/c1-6-8-10-12-14-16-18-20-22-23-24-25-26-28-30-32-34-36-38-40-42-48(52)49-46(45-56-57(53,54)55-44-43-50(3,4)5)47(51)41-39-37-35-33-31-29-27-21-19-17-15-13-11-9-7-2/h19,21,31,33,39,41,46-47,51H,6-18,20,22-30,32,34-38,40,42-45H2,1-5H3,(H-,49,52,53,54)/b21-19+,33-31+,41-39+. The Kier molecular flexibility index (Phi) is 39.2. The van der Waals surface area contributed by atoms with Gasteiger partial charge in [-0.3, -0.25) is 9.36 Å². The van der Waals surface area contributed by atoms with Crippen molar-refractivity contribution in [2.75, 3.05) is 40.9 Å². The second-order valence-electron chi connectivity index (χ2n) is 17.5. The third-order valence-electron chi connectivity index (χ3n) is 10.6. The number of amides is 1. The van der Waals surface area contributed by atoms with E-state index in [2.05, 4.69) is 43.5 Å². The summed E-state index contributed by atoms with van der Waals surface area (Å²) in [4.78, 5) is 25.3. The van der Waals surface area contributed by atoms with Crippen LogP contribution in [0, 0.1) is 0 Å². The van der Waals surface area contributed by atoms with Crippen LogP contribution >= 0.6 is 7.82 Å². The number of aliphatic hydroxyl groups excluding tert-OH is 1. The summed E-state index contributed by atoms with van der Waals surface area (Å²) < 4.78 is 23.2. The molecule has 0 radical (unpaired) electrons. The lowest BCUT2D eigenvalue weighted by Gasteiger charge is -2.29. The number of allylic oxidation sites excluding steroid dienone is 5. The molecule has 336 valence electrons. The van der Waals surface area contributed by atoms with E-state index < -0.39 is 26.6 Å². The Balaban J connectivity index is 4.38. The van der Waals surface area contributed by atoms with Gasteiger partial charge in [-0.1, -0.05) is 198 Å². The zero-order valence-corrected chi connectivity index (χ0v) is 38.9. The van der Waals surface area contributed by atoms with E-state index in [-0.39, 0.29) is 12.5 Å². The number of likely N-dealkylation sites (N-methyl/N-ethyl adjacent to an activating group) is 1. The lowest BCUT2D eigenvalue weighted by Crippen LogP contribution is -2.45. The fraction of sp³-hybridized carbons (Fsp3) is 0.854. The van der Waals surface area contributed by atoms with E-state index in [0.717, 1.165) is 44.9 Å². The Morgan fingerprint density at radius 2 is 0.982 bits per heavy atom. The number of rotatable bonds is 43. The summed E-state index contributed by atoms with van der Waals surface area (Å²) in [5.41, 5.74) is 0. The Bertz CT molecular complexity index is 1030. The van der Waals surface area contributed by atoms with Crippen LogP contribution in [0.3, 0.4) is 0 Å². The van der Waals surface area contributed by atoms with Crippen molar-refractivity contribution >= 4 is 13.7 Å². The summed E-state index contributed by atoms with van der Waals surface area (Å²) in [6, 6.07) is -0.905. The molecule has 0 heterocycles. The molecule has 0 fully saturated rings. The first-order valence-corrected chi connectivity index (χ1v) is 25.3. The minimum atomic E-state index is -4.60. The average molecular weight is 825 g/mol. The van der Waals surface area contributed by atoms with Gasteiger partial charge >= 0.3 is 0 Å². The number of phosphoric ester groups is 1. The van der Waals surface area contributed by atoms with Crippen LogP contribution in [0.5, 0.6) is 0 Å². The number of quaternary nitrogens is 1. The number of carbonyl (C=O) groups is 1. The van der Waals surface area contributed by atoms with Crippen molar-refractivity contribution in [3.63, 3.8) is 0 Å². The summed E-state index contributed by atoms with van der Waals surface area (Å²) in [5.74, 6) is -0.210.